The first-order valence-corrected chi connectivity index (χ1v) is 8.34. The molecule has 0 fully saturated rings. The molecule has 0 aliphatic rings. The number of carbonyl (C=O) groups excluding carboxylic acids is 1. The van der Waals surface area contributed by atoms with Crippen LogP contribution < -0.4 is 0 Å². The topological polar surface area (TPSA) is 42.9 Å². The van der Waals surface area contributed by atoms with Crippen molar-refractivity contribution in [2.75, 3.05) is 0 Å². The number of benzene rings is 1. The lowest BCUT2D eigenvalue weighted by Gasteiger charge is -2.24. The fraction of sp³-hybridized carbons (Fsp3) is 0.450. The Morgan fingerprint density at radius 3 is 2.26 bits per heavy atom. The maximum Gasteiger partial charge on any atom is 0.142 e. The van der Waals surface area contributed by atoms with Gasteiger partial charge >= 0.3 is 0 Å². The van der Waals surface area contributed by atoms with Crippen molar-refractivity contribution >= 4 is 5.78 Å². The maximum absolute atomic E-state index is 12.6. The molecule has 1 atom stereocenters. The lowest BCUT2D eigenvalue weighted by Crippen LogP contribution is -2.29. The van der Waals surface area contributed by atoms with Gasteiger partial charge in [0.15, 0.2) is 0 Å². The summed E-state index contributed by atoms with van der Waals surface area (Å²) in [5.41, 5.74) is 2.67. The van der Waals surface area contributed by atoms with Crippen LogP contribution in [0.4, 0.5) is 0 Å². The largest absolute Gasteiger partial charge is 0.299 e. The first-order valence-electron chi connectivity index (χ1n) is 8.34. The van der Waals surface area contributed by atoms with E-state index in [1.54, 1.807) is 12.4 Å². The van der Waals surface area contributed by atoms with Crippen LogP contribution in [0, 0.1) is 5.92 Å². The van der Waals surface area contributed by atoms with Gasteiger partial charge in [-0.2, -0.15) is 0 Å². The molecule has 3 nitrogen and oxygen atoms in total. The van der Waals surface area contributed by atoms with Crippen LogP contribution in [-0.2, 0) is 10.2 Å². The van der Waals surface area contributed by atoms with Crippen LogP contribution in [0.25, 0.3) is 11.1 Å². The van der Waals surface area contributed by atoms with E-state index in [1.165, 1.54) is 6.33 Å². The third-order valence-electron chi connectivity index (χ3n) is 4.76. The molecule has 0 saturated carbocycles. The minimum absolute atomic E-state index is 0.314. The van der Waals surface area contributed by atoms with Gasteiger partial charge in [0.2, 0.25) is 0 Å². The fourth-order valence-electron chi connectivity index (χ4n) is 2.58. The van der Waals surface area contributed by atoms with Crippen LogP contribution in [0.3, 0.4) is 0 Å². The van der Waals surface area contributed by atoms with E-state index < -0.39 is 5.41 Å². The average molecular weight is 310 g/mol. The number of ketones is 1. The number of Topliss-reactive ketones (excluding diaryl/α,β-unsaturated/α-hetero) is 1. The van der Waals surface area contributed by atoms with Gasteiger partial charge in [-0.1, -0.05) is 44.5 Å². The van der Waals surface area contributed by atoms with Crippen molar-refractivity contribution in [2.45, 2.75) is 52.4 Å². The van der Waals surface area contributed by atoms with Gasteiger partial charge in [-0.3, -0.25) is 4.79 Å². The lowest BCUT2D eigenvalue weighted by atomic mass is 9.78. The van der Waals surface area contributed by atoms with E-state index in [-0.39, 0.29) is 0 Å². The molecule has 0 aliphatic carbocycles. The molecule has 122 valence electrons. The third-order valence-corrected chi connectivity index (χ3v) is 4.76. The summed E-state index contributed by atoms with van der Waals surface area (Å²) in [6.07, 6.45) is 7.86. The van der Waals surface area contributed by atoms with Crippen LogP contribution in [0.2, 0.25) is 0 Å². The van der Waals surface area contributed by atoms with E-state index in [0.717, 1.165) is 29.5 Å². The lowest BCUT2D eigenvalue weighted by molar-refractivity contribution is -0.123. The number of carbonyl (C=O) groups is 1. The minimum Gasteiger partial charge on any atom is -0.299 e. The van der Waals surface area contributed by atoms with Crippen LogP contribution in [-0.4, -0.2) is 15.8 Å². The Hall–Kier alpha value is -2.03. The van der Waals surface area contributed by atoms with E-state index >= 15 is 0 Å². The van der Waals surface area contributed by atoms with E-state index in [0.29, 0.717) is 18.1 Å². The monoisotopic (exact) mass is 310 g/mol. The summed E-state index contributed by atoms with van der Waals surface area (Å²) in [4.78, 5) is 20.7. The van der Waals surface area contributed by atoms with Crippen molar-refractivity contribution in [3.05, 3.63) is 48.5 Å². The molecule has 2 rings (SSSR count). The fourth-order valence-corrected chi connectivity index (χ4v) is 2.58. The summed E-state index contributed by atoms with van der Waals surface area (Å²) in [6.45, 7) is 8.42. The Morgan fingerprint density at radius 2 is 1.70 bits per heavy atom. The molecule has 3 heteroatoms. The predicted molar refractivity (Wildman–Crippen MR) is 94.2 cm³/mol. The normalized spacial score (nSPS) is 12.9. The highest BCUT2D eigenvalue weighted by Gasteiger charge is 2.29. The minimum atomic E-state index is -0.445. The smallest absolute Gasteiger partial charge is 0.142 e. The summed E-state index contributed by atoms with van der Waals surface area (Å²) in [5, 5.41) is 0. The summed E-state index contributed by atoms with van der Waals surface area (Å²) in [7, 11) is 0. The molecule has 1 unspecified atom stereocenters. The zero-order valence-electron chi connectivity index (χ0n) is 14.5. The Labute approximate surface area is 139 Å². The molecule has 1 aromatic heterocycles. The molecule has 0 aliphatic heterocycles. The number of hydrogen-bond donors (Lipinski definition) is 0. The molecule has 0 spiro atoms. The Morgan fingerprint density at radius 1 is 1.09 bits per heavy atom. The Balaban J connectivity index is 2.12. The Bertz CT molecular complexity index is 632. The van der Waals surface area contributed by atoms with Crippen LogP contribution >= 0.6 is 0 Å². The third kappa shape index (κ3) is 4.25. The molecule has 23 heavy (non-hydrogen) atoms. The number of nitrogens with zero attached hydrogens (tertiary/aromatic N) is 2. The van der Waals surface area contributed by atoms with Gasteiger partial charge in [0.05, 0.1) is 0 Å². The first kappa shape index (κ1) is 17.3. The van der Waals surface area contributed by atoms with Crippen molar-refractivity contribution in [2.24, 2.45) is 5.92 Å². The Kier molecular flexibility index (Phi) is 5.64. The van der Waals surface area contributed by atoms with Crippen LogP contribution in [0.1, 0.15) is 52.5 Å². The van der Waals surface area contributed by atoms with Crippen molar-refractivity contribution in [3.8, 4) is 11.1 Å². The van der Waals surface area contributed by atoms with Gasteiger partial charge in [0.1, 0.15) is 12.1 Å². The summed E-state index contributed by atoms with van der Waals surface area (Å²) in [5.74, 6) is 0.920. The van der Waals surface area contributed by atoms with Crippen molar-refractivity contribution in [1.82, 2.24) is 9.97 Å². The van der Waals surface area contributed by atoms with Crippen LogP contribution in [0.5, 0.6) is 0 Å². The van der Waals surface area contributed by atoms with E-state index in [1.807, 2.05) is 38.1 Å². The highest BCUT2D eigenvalue weighted by molar-refractivity contribution is 5.89. The SMILES string of the molecule is CCC(C)CCC(=O)C(C)(C)c1ccc(-c2cncnc2)cc1. The molecule has 0 amide bonds. The molecule has 0 radical (unpaired) electrons. The summed E-state index contributed by atoms with van der Waals surface area (Å²) < 4.78 is 0. The first-order chi connectivity index (χ1) is 10.9. The van der Waals surface area contributed by atoms with E-state index in [4.69, 9.17) is 0 Å². The number of rotatable bonds is 7. The highest BCUT2D eigenvalue weighted by Crippen LogP contribution is 2.29. The molecule has 1 heterocycles. The van der Waals surface area contributed by atoms with Crippen molar-refractivity contribution in [3.63, 3.8) is 0 Å². The standard InChI is InChI=1S/C20H26N2O/c1-5-15(2)6-11-19(23)20(3,4)18-9-7-16(8-10-18)17-12-21-14-22-13-17/h7-10,12-15H,5-6,11H2,1-4H3. The highest BCUT2D eigenvalue weighted by atomic mass is 16.1. The molecular weight excluding hydrogens is 284 g/mol. The summed E-state index contributed by atoms with van der Waals surface area (Å²) in [6, 6.07) is 8.17. The predicted octanol–water partition coefficient (Wildman–Crippen LogP) is 4.82. The second-order valence-electron chi connectivity index (χ2n) is 6.80. The molecular formula is C20H26N2O. The number of aromatic nitrogens is 2. The van der Waals surface area contributed by atoms with Gasteiger partial charge in [0, 0.05) is 29.8 Å². The average Bonchev–Trinajstić information content (AvgIpc) is 2.60. The van der Waals surface area contributed by atoms with Crippen molar-refractivity contribution < 1.29 is 4.79 Å². The van der Waals surface area contributed by atoms with Gasteiger partial charge in [-0.05, 0) is 37.3 Å². The van der Waals surface area contributed by atoms with Crippen molar-refractivity contribution in [1.29, 1.82) is 0 Å². The van der Waals surface area contributed by atoms with Crippen LogP contribution in [0.15, 0.2) is 43.0 Å². The second-order valence-corrected chi connectivity index (χ2v) is 6.80. The molecule has 1 aromatic carbocycles. The number of hydrogen-bond acceptors (Lipinski definition) is 3. The van der Waals surface area contributed by atoms with E-state index in [9.17, 15) is 4.79 Å². The van der Waals surface area contributed by atoms with Gasteiger partial charge in [-0.15, -0.1) is 0 Å². The zero-order chi connectivity index (χ0) is 16.9. The van der Waals surface area contributed by atoms with Gasteiger partial charge in [-0.25, -0.2) is 9.97 Å². The maximum atomic E-state index is 12.6. The van der Waals surface area contributed by atoms with Gasteiger partial charge in [0.25, 0.3) is 0 Å². The van der Waals surface area contributed by atoms with E-state index in [2.05, 4.69) is 23.8 Å². The quantitative estimate of drug-likeness (QED) is 0.736. The molecule has 0 saturated heterocycles. The zero-order valence-corrected chi connectivity index (χ0v) is 14.5. The molecule has 0 N–H and O–H groups in total. The molecule has 2 aromatic rings. The van der Waals surface area contributed by atoms with Gasteiger partial charge < -0.3 is 0 Å². The summed E-state index contributed by atoms with van der Waals surface area (Å²) >= 11 is 0. The second kappa shape index (κ2) is 7.49. The molecule has 0 bridgehead atoms.